The number of carbonyl (C=O) groups is 4. The van der Waals surface area contributed by atoms with Crippen molar-refractivity contribution in [3.63, 3.8) is 0 Å². The van der Waals surface area contributed by atoms with Crippen LogP contribution >= 0.6 is 0 Å². The van der Waals surface area contributed by atoms with Crippen LogP contribution in [0.3, 0.4) is 0 Å². The van der Waals surface area contributed by atoms with Gasteiger partial charge in [0, 0.05) is 12.5 Å². The summed E-state index contributed by atoms with van der Waals surface area (Å²) < 4.78 is 14.0. The van der Waals surface area contributed by atoms with E-state index in [4.69, 9.17) is 10.5 Å². The van der Waals surface area contributed by atoms with E-state index in [2.05, 4.69) is 14.8 Å². The molecule has 0 aromatic rings. The van der Waals surface area contributed by atoms with E-state index in [1.165, 1.54) is 6.92 Å². The van der Waals surface area contributed by atoms with Gasteiger partial charge in [-0.3, -0.25) is 19.2 Å². The Hall–Kier alpha value is -2.16. The molecule has 9 nitrogen and oxygen atoms in total. The molecule has 0 rings (SSSR count). The normalized spacial score (nSPS) is 13.1. The summed E-state index contributed by atoms with van der Waals surface area (Å²) in [4.78, 5) is 46.6. The molecule has 0 radical (unpaired) electrons. The molecule has 22 heavy (non-hydrogen) atoms. The van der Waals surface area contributed by atoms with Gasteiger partial charge in [0.05, 0.1) is 14.2 Å². The number of primary amides is 1. The van der Waals surface area contributed by atoms with E-state index in [-0.39, 0.29) is 6.61 Å². The maximum absolute atomic E-state index is 11.7. The maximum Gasteiger partial charge on any atom is 0.320 e. The van der Waals surface area contributed by atoms with Crippen molar-refractivity contribution < 1.29 is 33.4 Å². The molecule has 3 N–H and O–H groups in total. The van der Waals surface area contributed by atoms with Gasteiger partial charge in [0.15, 0.2) is 5.92 Å². The number of nitrogens with two attached hydrogens (primary N) is 1. The fourth-order valence-corrected chi connectivity index (χ4v) is 1.84. The van der Waals surface area contributed by atoms with E-state index in [9.17, 15) is 19.2 Å². The van der Waals surface area contributed by atoms with E-state index < -0.39 is 41.6 Å². The number of nitrogens with one attached hydrogen (secondary N) is 1. The predicted molar refractivity (Wildman–Crippen MR) is 74.3 cm³/mol. The van der Waals surface area contributed by atoms with Gasteiger partial charge in [-0.25, -0.2) is 0 Å². The third-order valence-electron chi connectivity index (χ3n) is 3.02. The molecule has 126 valence electrons. The number of hydrogen-bond acceptors (Lipinski definition) is 7. The summed E-state index contributed by atoms with van der Waals surface area (Å²) in [7, 11) is 2.19. The Morgan fingerprint density at radius 2 is 1.59 bits per heavy atom. The van der Waals surface area contributed by atoms with Crippen molar-refractivity contribution in [2.45, 2.75) is 19.9 Å². The summed E-state index contributed by atoms with van der Waals surface area (Å²) in [6, 6.07) is -1.25. The number of hydrogen-bond donors (Lipinski definition) is 2. The van der Waals surface area contributed by atoms with Gasteiger partial charge in [-0.1, -0.05) is 6.92 Å². The minimum Gasteiger partial charge on any atom is -0.468 e. The van der Waals surface area contributed by atoms with Gasteiger partial charge in [0.25, 0.3) is 0 Å². The van der Waals surface area contributed by atoms with Gasteiger partial charge in [-0.05, 0) is 6.92 Å². The average molecular weight is 318 g/mol. The molecule has 0 aliphatic rings. The lowest BCUT2D eigenvalue weighted by molar-refractivity contribution is -0.162. The van der Waals surface area contributed by atoms with Gasteiger partial charge in [-0.15, -0.1) is 0 Å². The van der Waals surface area contributed by atoms with Crippen LogP contribution in [-0.2, 0) is 33.4 Å². The van der Waals surface area contributed by atoms with Crippen molar-refractivity contribution in [2.24, 2.45) is 17.6 Å². The monoisotopic (exact) mass is 318 g/mol. The summed E-state index contributed by atoms with van der Waals surface area (Å²) in [5.41, 5.74) is 5.24. The Labute approximate surface area is 128 Å². The SMILES string of the molecule is CCOCC(=O)N[C@@H](C(N)=O)[C@H](C)C(C(=O)OC)C(=O)OC. The first-order chi connectivity index (χ1) is 10.3. The lowest BCUT2D eigenvalue weighted by Gasteiger charge is -2.26. The van der Waals surface area contributed by atoms with Crippen LogP contribution in [0, 0.1) is 11.8 Å². The molecule has 2 amide bonds. The van der Waals surface area contributed by atoms with Crippen LogP contribution in [0.4, 0.5) is 0 Å². The summed E-state index contributed by atoms with van der Waals surface area (Å²) in [6.07, 6.45) is 0. The van der Waals surface area contributed by atoms with Gasteiger partial charge >= 0.3 is 11.9 Å². The van der Waals surface area contributed by atoms with Gasteiger partial charge in [0.2, 0.25) is 11.8 Å². The Morgan fingerprint density at radius 3 is 1.95 bits per heavy atom. The molecule has 0 saturated carbocycles. The molecule has 0 fully saturated rings. The molecular formula is C13H22N2O7. The first-order valence-corrected chi connectivity index (χ1v) is 6.62. The van der Waals surface area contributed by atoms with Crippen LogP contribution in [0.25, 0.3) is 0 Å². The van der Waals surface area contributed by atoms with Crippen LogP contribution in [-0.4, -0.2) is 57.2 Å². The number of ether oxygens (including phenoxy) is 3. The second kappa shape index (κ2) is 9.72. The minimum absolute atomic E-state index is 0.270. The number of amides is 2. The molecule has 2 atom stereocenters. The zero-order chi connectivity index (χ0) is 17.3. The zero-order valence-corrected chi connectivity index (χ0v) is 13.1. The summed E-state index contributed by atoms with van der Waals surface area (Å²) in [5.74, 6) is -5.60. The molecule has 0 aliphatic carbocycles. The number of esters is 2. The molecule has 0 aliphatic heterocycles. The van der Waals surface area contributed by atoms with E-state index in [0.717, 1.165) is 14.2 Å². The van der Waals surface area contributed by atoms with Crippen LogP contribution in [0.15, 0.2) is 0 Å². The number of methoxy groups -OCH3 is 2. The fraction of sp³-hybridized carbons (Fsp3) is 0.692. The van der Waals surface area contributed by atoms with E-state index in [0.29, 0.717) is 6.61 Å². The predicted octanol–water partition coefficient (Wildman–Crippen LogP) is -1.41. The molecule has 0 bridgehead atoms. The lowest BCUT2D eigenvalue weighted by Crippen LogP contribution is -2.53. The number of carbonyl (C=O) groups excluding carboxylic acids is 4. The Bertz CT molecular complexity index is 409. The highest BCUT2D eigenvalue weighted by molar-refractivity contribution is 5.97. The van der Waals surface area contributed by atoms with Crippen molar-refractivity contribution in [1.29, 1.82) is 0 Å². The van der Waals surface area contributed by atoms with Gasteiger partial charge in [0.1, 0.15) is 12.6 Å². The molecule has 0 heterocycles. The van der Waals surface area contributed by atoms with E-state index >= 15 is 0 Å². The fourth-order valence-electron chi connectivity index (χ4n) is 1.84. The van der Waals surface area contributed by atoms with Crippen molar-refractivity contribution in [3.8, 4) is 0 Å². The van der Waals surface area contributed by atoms with E-state index in [1.807, 2.05) is 0 Å². The Morgan fingerprint density at radius 1 is 1.09 bits per heavy atom. The van der Waals surface area contributed by atoms with Crippen LogP contribution in [0.5, 0.6) is 0 Å². The third kappa shape index (κ3) is 5.68. The molecular weight excluding hydrogens is 296 g/mol. The largest absolute Gasteiger partial charge is 0.468 e. The van der Waals surface area contributed by atoms with Crippen molar-refractivity contribution in [1.82, 2.24) is 5.32 Å². The maximum atomic E-state index is 11.7. The smallest absolute Gasteiger partial charge is 0.320 e. The van der Waals surface area contributed by atoms with Gasteiger partial charge in [-0.2, -0.15) is 0 Å². The van der Waals surface area contributed by atoms with Crippen molar-refractivity contribution in [2.75, 3.05) is 27.4 Å². The third-order valence-corrected chi connectivity index (χ3v) is 3.02. The van der Waals surface area contributed by atoms with Crippen molar-refractivity contribution in [3.05, 3.63) is 0 Å². The number of rotatable bonds is 9. The summed E-state index contributed by atoms with van der Waals surface area (Å²) >= 11 is 0. The van der Waals surface area contributed by atoms with E-state index in [1.54, 1.807) is 6.92 Å². The topological polar surface area (TPSA) is 134 Å². The second-order valence-electron chi connectivity index (χ2n) is 4.47. The molecule has 0 spiro atoms. The Balaban J connectivity index is 5.19. The first kappa shape index (κ1) is 19.8. The minimum atomic E-state index is -1.39. The molecule has 0 saturated heterocycles. The first-order valence-electron chi connectivity index (χ1n) is 6.62. The highest BCUT2D eigenvalue weighted by atomic mass is 16.5. The highest BCUT2D eigenvalue weighted by Gasteiger charge is 2.41. The highest BCUT2D eigenvalue weighted by Crippen LogP contribution is 2.19. The van der Waals surface area contributed by atoms with Crippen LogP contribution in [0.2, 0.25) is 0 Å². The second-order valence-corrected chi connectivity index (χ2v) is 4.47. The Kier molecular flexibility index (Phi) is 8.76. The average Bonchev–Trinajstić information content (AvgIpc) is 2.49. The summed E-state index contributed by atoms with van der Waals surface area (Å²) in [6.45, 7) is 3.16. The zero-order valence-electron chi connectivity index (χ0n) is 13.1. The molecule has 0 aromatic heterocycles. The van der Waals surface area contributed by atoms with Crippen LogP contribution in [0.1, 0.15) is 13.8 Å². The van der Waals surface area contributed by atoms with Gasteiger partial charge < -0.3 is 25.3 Å². The van der Waals surface area contributed by atoms with Crippen molar-refractivity contribution >= 4 is 23.8 Å². The molecule has 0 unspecified atom stereocenters. The molecule has 0 aromatic carbocycles. The molecule has 9 heteroatoms. The standard InChI is InChI=1S/C13H22N2O7/c1-5-22-6-8(16)15-10(11(14)17)7(2)9(12(18)20-3)13(19)21-4/h7,9-10H,5-6H2,1-4H3,(H2,14,17)(H,15,16)/t7-,10-/m1/s1. The van der Waals surface area contributed by atoms with Crippen LogP contribution < -0.4 is 11.1 Å². The summed E-state index contributed by atoms with van der Waals surface area (Å²) in [5, 5.41) is 2.34. The quantitative estimate of drug-likeness (QED) is 0.394. The lowest BCUT2D eigenvalue weighted by atomic mass is 9.87.